The number of fused-ring (bicyclic) bond motifs is 1. The second kappa shape index (κ2) is 9.38. The molecule has 1 saturated carbocycles. The van der Waals surface area contributed by atoms with Gasteiger partial charge in [-0.25, -0.2) is 14.2 Å². The van der Waals surface area contributed by atoms with E-state index in [0.29, 0.717) is 48.6 Å². The third-order valence-corrected chi connectivity index (χ3v) is 5.88. The number of halogens is 4. The number of alkyl halides is 3. The first-order valence-corrected chi connectivity index (χ1v) is 10.7. The van der Waals surface area contributed by atoms with Gasteiger partial charge in [-0.3, -0.25) is 0 Å². The summed E-state index contributed by atoms with van der Waals surface area (Å²) in [6.07, 6.45) is -2.65. The Morgan fingerprint density at radius 1 is 1.15 bits per heavy atom. The summed E-state index contributed by atoms with van der Waals surface area (Å²) in [6.45, 7) is 0. The molecule has 176 valence electrons. The summed E-state index contributed by atoms with van der Waals surface area (Å²) in [4.78, 5) is 20.3. The van der Waals surface area contributed by atoms with Gasteiger partial charge in [-0.1, -0.05) is 18.2 Å². The van der Waals surface area contributed by atoms with Crippen LogP contribution in [0.3, 0.4) is 0 Å². The van der Waals surface area contributed by atoms with Crippen molar-refractivity contribution >= 4 is 17.1 Å². The summed E-state index contributed by atoms with van der Waals surface area (Å²) in [5, 5.41) is 15.3. The largest absolute Gasteiger partial charge is 0.416 e. The Labute approximate surface area is 187 Å². The van der Waals surface area contributed by atoms with E-state index < -0.39 is 29.6 Å². The van der Waals surface area contributed by atoms with E-state index in [1.165, 1.54) is 0 Å². The summed E-state index contributed by atoms with van der Waals surface area (Å²) >= 11 is 0. The highest BCUT2D eigenvalue weighted by Gasteiger charge is 2.32. The Kier molecular flexibility index (Phi) is 6.55. The zero-order chi connectivity index (χ0) is 23.6. The van der Waals surface area contributed by atoms with Crippen molar-refractivity contribution in [3.8, 4) is 0 Å². The van der Waals surface area contributed by atoms with Crippen molar-refractivity contribution in [3.63, 3.8) is 0 Å². The minimum absolute atomic E-state index is 0.0227. The number of aliphatic hydroxyl groups is 1. The fourth-order valence-electron chi connectivity index (χ4n) is 4.07. The fraction of sp³-hybridized carbons (Fsp3) is 0.391. The molecule has 0 spiro atoms. The minimum Gasteiger partial charge on any atom is -0.393 e. The molecule has 0 saturated heterocycles. The number of aromatic amines is 1. The minimum atomic E-state index is -4.65. The van der Waals surface area contributed by atoms with Crippen molar-refractivity contribution in [2.45, 2.75) is 56.5 Å². The van der Waals surface area contributed by atoms with Crippen LogP contribution in [-0.2, 0) is 12.6 Å². The molecule has 2 aromatic carbocycles. The van der Waals surface area contributed by atoms with Gasteiger partial charge < -0.3 is 20.7 Å². The van der Waals surface area contributed by atoms with E-state index in [1.54, 1.807) is 18.2 Å². The van der Waals surface area contributed by atoms with Crippen LogP contribution in [0.2, 0.25) is 0 Å². The first kappa shape index (κ1) is 23.0. The van der Waals surface area contributed by atoms with E-state index in [9.17, 15) is 27.5 Å². The number of para-hydroxylation sites is 2. The molecule has 1 aliphatic rings. The predicted octanol–water partition coefficient (Wildman–Crippen LogP) is 4.61. The maximum absolute atomic E-state index is 14.5. The van der Waals surface area contributed by atoms with Crippen molar-refractivity contribution in [1.29, 1.82) is 0 Å². The molecule has 6 nitrogen and oxygen atoms in total. The van der Waals surface area contributed by atoms with Gasteiger partial charge in [0.25, 0.3) is 0 Å². The molecule has 0 aliphatic heterocycles. The second-order valence-corrected chi connectivity index (χ2v) is 8.32. The number of amides is 2. The second-order valence-electron chi connectivity index (χ2n) is 8.32. The van der Waals surface area contributed by atoms with Crippen LogP contribution in [-0.4, -0.2) is 33.3 Å². The average molecular weight is 464 g/mol. The summed E-state index contributed by atoms with van der Waals surface area (Å²) < 4.78 is 53.2. The highest BCUT2D eigenvalue weighted by molar-refractivity contribution is 5.76. The Hall–Kier alpha value is -3.14. The summed E-state index contributed by atoms with van der Waals surface area (Å²) in [5.41, 5.74) is 0.312. The highest BCUT2D eigenvalue weighted by atomic mass is 19.4. The number of rotatable bonds is 5. The highest BCUT2D eigenvalue weighted by Crippen LogP contribution is 2.31. The van der Waals surface area contributed by atoms with Crippen LogP contribution in [0.1, 0.15) is 48.7 Å². The van der Waals surface area contributed by atoms with Gasteiger partial charge in [0.1, 0.15) is 11.6 Å². The van der Waals surface area contributed by atoms with Crippen LogP contribution < -0.4 is 10.6 Å². The predicted molar refractivity (Wildman–Crippen MR) is 114 cm³/mol. The zero-order valence-corrected chi connectivity index (χ0v) is 17.6. The van der Waals surface area contributed by atoms with Gasteiger partial charge in [-0.2, -0.15) is 13.2 Å². The number of aliphatic hydroxyl groups excluding tert-OH is 1. The maximum atomic E-state index is 14.5. The monoisotopic (exact) mass is 464 g/mol. The lowest BCUT2D eigenvalue weighted by Crippen LogP contribution is -2.45. The van der Waals surface area contributed by atoms with Gasteiger partial charge in [0.2, 0.25) is 0 Å². The maximum Gasteiger partial charge on any atom is 0.416 e. The van der Waals surface area contributed by atoms with Crippen LogP contribution >= 0.6 is 0 Å². The normalized spacial score (nSPS) is 19.9. The fourth-order valence-corrected chi connectivity index (χ4v) is 4.07. The molecule has 33 heavy (non-hydrogen) atoms. The van der Waals surface area contributed by atoms with Crippen molar-refractivity contribution in [1.82, 2.24) is 20.6 Å². The van der Waals surface area contributed by atoms with Gasteiger partial charge in [0, 0.05) is 12.5 Å². The number of nitrogens with zero attached hydrogens (tertiary/aromatic N) is 1. The standard InChI is InChI=1S/C23H24F4N4O2/c24-17-12-14(23(25,26)27)6-5-13(17)11-20(21-29-18-3-1-2-4-19(18)30-21)31-22(33)28-15-7-9-16(32)10-8-15/h1-6,12,15-16,20,32H,7-11H2,(H,29,30)(H2,28,31,33)/t15?,16?,20-/m1/s1. The van der Waals surface area contributed by atoms with Gasteiger partial charge in [0.15, 0.2) is 0 Å². The molecule has 1 aromatic heterocycles. The number of H-pyrrole nitrogens is 1. The lowest BCUT2D eigenvalue weighted by atomic mass is 9.93. The molecule has 1 fully saturated rings. The van der Waals surface area contributed by atoms with Gasteiger partial charge >= 0.3 is 12.2 Å². The number of nitrogens with one attached hydrogen (secondary N) is 3. The molecule has 0 radical (unpaired) electrons. The number of carbonyl (C=O) groups is 1. The molecule has 2 amide bonds. The molecule has 3 aromatic rings. The number of urea groups is 1. The molecule has 10 heteroatoms. The molecule has 1 atom stereocenters. The molecule has 4 rings (SSSR count). The molecule has 4 N–H and O–H groups in total. The number of benzene rings is 2. The smallest absolute Gasteiger partial charge is 0.393 e. The lowest BCUT2D eigenvalue weighted by Gasteiger charge is -2.27. The number of hydrogen-bond donors (Lipinski definition) is 4. The van der Waals surface area contributed by atoms with E-state index in [4.69, 9.17) is 0 Å². The van der Waals surface area contributed by atoms with E-state index in [0.717, 1.165) is 12.1 Å². The molecule has 0 unspecified atom stereocenters. The molecular weight excluding hydrogens is 440 g/mol. The third-order valence-electron chi connectivity index (χ3n) is 5.88. The quantitative estimate of drug-likeness (QED) is 0.416. The van der Waals surface area contributed by atoms with Crippen LogP contribution in [0.15, 0.2) is 42.5 Å². The lowest BCUT2D eigenvalue weighted by molar-refractivity contribution is -0.137. The number of carbonyl (C=O) groups excluding carboxylic acids is 1. The van der Waals surface area contributed by atoms with Gasteiger partial charge in [-0.15, -0.1) is 0 Å². The molecule has 1 heterocycles. The van der Waals surface area contributed by atoms with Crippen molar-refractivity contribution < 1.29 is 27.5 Å². The van der Waals surface area contributed by atoms with Gasteiger partial charge in [0.05, 0.1) is 28.7 Å². The Morgan fingerprint density at radius 2 is 1.88 bits per heavy atom. The van der Waals surface area contributed by atoms with Crippen LogP contribution in [0, 0.1) is 5.82 Å². The zero-order valence-electron chi connectivity index (χ0n) is 17.6. The SMILES string of the molecule is O=C(NC1CCC(O)CC1)N[C@H](Cc1ccc(C(F)(F)F)cc1F)c1nc2ccccc2[nH]1. The van der Waals surface area contributed by atoms with E-state index in [2.05, 4.69) is 20.6 Å². The Morgan fingerprint density at radius 3 is 2.55 bits per heavy atom. The molecule has 0 bridgehead atoms. The third kappa shape index (κ3) is 5.62. The first-order chi connectivity index (χ1) is 15.7. The van der Waals surface area contributed by atoms with Crippen molar-refractivity contribution in [2.24, 2.45) is 0 Å². The molecular formula is C23H24F4N4O2. The van der Waals surface area contributed by atoms with E-state index in [1.807, 2.05) is 6.07 Å². The van der Waals surface area contributed by atoms with Gasteiger partial charge in [-0.05, 0) is 55.5 Å². The van der Waals surface area contributed by atoms with Crippen molar-refractivity contribution in [2.75, 3.05) is 0 Å². The number of imidazole rings is 1. The van der Waals surface area contributed by atoms with Crippen LogP contribution in [0.25, 0.3) is 11.0 Å². The number of hydrogen-bond acceptors (Lipinski definition) is 3. The summed E-state index contributed by atoms with van der Waals surface area (Å²) in [7, 11) is 0. The van der Waals surface area contributed by atoms with Crippen molar-refractivity contribution in [3.05, 3.63) is 65.2 Å². The van der Waals surface area contributed by atoms with Crippen LogP contribution in [0.4, 0.5) is 22.4 Å². The number of aromatic nitrogens is 2. The first-order valence-electron chi connectivity index (χ1n) is 10.7. The molecule has 1 aliphatic carbocycles. The Balaban J connectivity index is 1.56. The Bertz CT molecular complexity index is 1090. The van der Waals surface area contributed by atoms with E-state index >= 15 is 0 Å². The topological polar surface area (TPSA) is 90.0 Å². The van der Waals surface area contributed by atoms with Crippen LogP contribution in [0.5, 0.6) is 0 Å². The summed E-state index contributed by atoms with van der Waals surface area (Å²) in [5.74, 6) is -0.640. The average Bonchev–Trinajstić information content (AvgIpc) is 3.20. The van der Waals surface area contributed by atoms with E-state index in [-0.39, 0.29) is 24.1 Å². The summed E-state index contributed by atoms with van der Waals surface area (Å²) in [6, 6.07) is 8.14.